The summed E-state index contributed by atoms with van der Waals surface area (Å²) in [5.41, 5.74) is 0.302. The first-order valence-corrected chi connectivity index (χ1v) is 13.2. The Morgan fingerprint density at radius 1 is 0.732 bits per heavy atom. The number of halogens is 6. The fourth-order valence-electron chi connectivity index (χ4n) is 4.38. The van der Waals surface area contributed by atoms with E-state index in [0.29, 0.717) is 31.6 Å². The van der Waals surface area contributed by atoms with Crippen molar-refractivity contribution >= 4 is 5.97 Å². The average molecular weight is 581 g/mol. The number of carbonyl (C=O) groups is 1. The molecule has 0 radical (unpaired) electrons. The van der Waals surface area contributed by atoms with Crippen molar-refractivity contribution in [2.45, 2.75) is 64.6 Å². The smallest absolute Gasteiger partial charge is 0.416 e. The van der Waals surface area contributed by atoms with Crippen LogP contribution in [0.2, 0.25) is 0 Å². The number of hydrogen-bond donors (Lipinski definition) is 2. The molecule has 0 atom stereocenters. The highest BCUT2D eigenvalue weighted by atomic mass is 19.4. The van der Waals surface area contributed by atoms with Crippen LogP contribution in [0.5, 0.6) is 0 Å². The zero-order chi connectivity index (χ0) is 30.4. The quantitative estimate of drug-likeness (QED) is 0.179. The first-order valence-electron chi connectivity index (χ1n) is 13.2. The molecule has 3 aromatic carbocycles. The molecule has 0 aromatic heterocycles. The molecule has 2 N–H and O–H groups in total. The Morgan fingerprint density at radius 3 is 1.73 bits per heavy atom. The molecule has 0 aliphatic carbocycles. The Balaban J connectivity index is 1.72. The number of hydrogen-bond acceptors (Lipinski definition) is 3. The Bertz CT molecular complexity index is 1260. The SMILES string of the molecule is CC(C)(C)c1ccc(CNCCCN(Cc2ccc(C(=O)O)cc2)Cc2cc(C(F)(F)F)cc(C(F)(F)F)c2)cc1. The van der Waals surface area contributed by atoms with Gasteiger partial charge in [0.05, 0.1) is 16.7 Å². The minimum atomic E-state index is -4.93. The lowest BCUT2D eigenvalue weighted by molar-refractivity contribution is -0.143. The zero-order valence-electron chi connectivity index (χ0n) is 23.2. The predicted octanol–water partition coefficient (Wildman–Crippen LogP) is 7.90. The summed E-state index contributed by atoms with van der Waals surface area (Å²) in [6, 6.07) is 15.9. The van der Waals surface area contributed by atoms with Gasteiger partial charge in [0, 0.05) is 26.2 Å². The molecule has 0 fully saturated rings. The topological polar surface area (TPSA) is 52.6 Å². The third kappa shape index (κ3) is 9.89. The number of carboxylic acids is 1. The molecule has 0 saturated carbocycles. The van der Waals surface area contributed by atoms with Crippen LogP contribution in [0.15, 0.2) is 66.7 Å². The van der Waals surface area contributed by atoms with E-state index < -0.39 is 29.4 Å². The monoisotopic (exact) mass is 580 g/mol. The molecule has 0 aliphatic rings. The van der Waals surface area contributed by atoms with E-state index in [1.807, 2.05) is 12.1 Å². The molecule has 41 heavy (non-hydrogen) atoms. The van der Waals surface area contributed by atoms with Gasteiger partial charge in [-0.2, -0.15) is 26.3 Å². The zero-order valence-corrected chi connectivity index (χ0v) is 23.2. The van der Waals surface area contributed by atoms with Gasteiger partial charge in [0.25, 0.3) is 0 Å². The van der Waals surface area contributed by atoms with Crippen LogP contribution in [0.3, 0.4) is 0 Å². The maximum atomic E-state index is 13.4. The van der Waals surface area contributed by atoms with Crippen LogP contribution >= 0.6 is 0 Å². The van der Waals surface area contributed by atoms with Crippen LogP contribution in [-0.4, -0.2) is 29.1 Å². The Hall–Kier alpha value is -3.37. The van der Waals surface area contributed by atoms with E-state index in [9.17, 15) is 31.1 Å². The number of nitrogens with zero attached hydrogens (tertiary/aromatic N) is 1. The van der Waals surface area contributed by atoms with Crippen LogP contribution in [0.1, 0.15) is 70.9 Å². The Morgan fingerprint density at radius 2 is 1.24 bits per heavy atom. The minimum absolute atomic E-state index is 0.0455. The van der Waals surface area contributed by atoms with E-state index in [0.717, 1.165) is 17.7 Å². The fraction of sp³-hybridized carbons (Fsp3) is 0.387. The normalized spacial score (nSPS) is 12.6. The number of aromatic carboxylic acids is 1. The van der Waals surface area contributed by atoms with Crippen molar-refractivity contribution < 1.29 is 36.2 Å². The lowest BCUT2D eigenvalue weighted by atomic mass is 9.87. The summed E-state index contributed by atoms with van der Waals surface area (Å²) in [6.07, 6.45) is -9.27. The highest BCUT2D eigenvalue weighted by Gasteiger charge is 2.37. The standard InChI is InChI=1S/C31H34F6N2O2/c1-29(2,3)25-11-7-21(8-12-25)18-38-13-4-14-39(19-22-5-9-24(10-6-22)28(40)41)20-23-15-26(30(32,33)34)17-27(16-23)31(35,36)37/h5-12,15-17,38H,4,13-14,18-20H2,1-3H3,(H,40,41). The van der Waals surface area contributed by atoms with Crippen molar-refractivity contribution in [3.8, 4) is 0 Å². The molecule has 0 saturated heterocycles. The molecule has 0 amide bonds. The second kappa shape index (κ2) is 13.1. The van der Waals surface area contributed by atoms with Gasteiger partial charge in [-0.3, -0.25) is 4.90 Å². The van der Waals surface area contributed by atoms with Crippen LogP contribution in [0.4, 0.5) is 26.3 Å². The molecule has 0 heterocycles. The summed E-state index contributed by atoms with van der Waals surface area (Å²) in [4.78, 5) is 12.9. The molecule has 222 valence electrons. The van der Waals surface area contributed by atoms with Gasteiger partial charge in [-0.1, -0.05) is 57.2 Å². The summed E-state index contributed by atoms with van der Waals surface area (Å²) in [6.45, 7) is 8.04. The molecule has 4 nitrogen and oxygen atoms in total. The average Bonchev–Trinajstić information content (AvgIpc) is 2.87. The van der Waals surface area contributed by atoms with Crippen molar-refractivity contribution in [2.75, 3.05) is 13.1 Å². The highest BCUT2D eigenvalue weighted by Crippen LogP contribution is 2.36. The lowest BCUT2D eigenvalue weighted by Gasteiger charge is -2.24. The Kier molecular flexibility index (Phi) is 10.3. The van der Waals surface area contributed by atoms with Crippen LogP contribution in [0.25, 0.3) is 0 Å². The maximum Gasteiger partial charge on any atom is 0.416 e. The number of rotatable bonds is 11. The van der Waals surface area contributed by atoms with E-state index >= 15 is 0 Å². The summed E-state index contributed by atoms with van der Waals surface area (Å²) >= 11 is 0. The molecule has 3 aromatic rings. The number of benzene rings is 3. The molecular formula is C31H34F6N2O2. The van der Waals surface area contributed by atoms with Gasteiger partial charge in [-0.15, -0.1) is 0 Å². The fourth-order valence-corrected chi connectivity index (χ4v) is 4.38. The second-order valence-electron chi connectivity index (χ2n) is 11.1. The lowest BCUT2D eigenvalue weighted by Crippen LogP contribution is -2.27. The molecule has 10 heteroatoms. The van der Waals surface area contributed by atoms with Gasteiger partial charge in [-0.05, 0) is 71.0 Å². The van der Waals surface area contributed by atoms with E-state index in [-0.39, 0.29) is 35.7 Å². The maximum absolute atomic E-state index is 13.4. The molecular weight excluding hydrogens is 546 g/mol. The number of nitrogens with one attached hydrogen (secondary N) is 1. The number of alkyl halides is 6. The molecule has 0 aliphatic heterocycles. The minimum Gasteiger partial charge on any atom is -0.478 e. The van der Waals surface area contributed by atoms with Crippen molar-refractivity contribution in [1.82, 2.24) is 10.2 Å². The first-order chi connectivity index (χ1) is 19.0. The van der Waals surface area contributed by atoms with Gasteiger partial charge in [0.2, 0.25) is 0 Å². The van der Waals surface area contributed by atoms with Crippen molar-refractivity contribution in [2.24, 2.45) is 0 Å². The van der Waals surface area contributed by atoms with Crippen LogP contribution < -0.4 is 5.32 Å². The van der Waals surface area contributed by atoms with E-state index in [1.165, 1.54) is 17.7 Å². The third-order valence-corrected chi connectivity index (χ3v) is 6.64. The van der Waals surface area contributed by atoms with Gasteiger partial charge < -0.3 is 10.4 Å². The van der Waals surface area contributed by atoms with E-state index in [1.54, 1.807) is 17.0 Å². The molecule has 0 spiro atoms. The number of carboxylic acid groups (broad SMARTS) is 1. The second-order valence-corrected chi connectivity index (χ2v) is 11.1. The summed E-state index contributed by atoms with van der Waals surface area (Å²) in [5, 5.41) is 12.5. The van der Waals surface area contributed by atoms with Crippen LogP contribution in [-0.2, 0) is 37.4 Å². The predicted molar refractivity (Wildman–Crippen MR) is 145 cm³/mol. The summed E-state index contributed by atoms with van der Waals surface area (Å²) in [7, 11) is 0. The van der Waals surface area contributed by atoms with Gasteiger partial charge in [0.1, 0.15) is 0 Å². The Labute approximate surface area is 236 Å². The third-order valence-electron chi connectivity index (χ3n) is 6.64. The van der Waals surface area contributed by atoms with Crippen LogP contribution in [0, 0.1) is 0 Å². The van der Waals surface area contributed by atoms with Gasteiger partial charge in [-0.25, -0.2) is 4.79 Å². The van der Waals surface area contributed by atoms with Gasteiger partial charge in [0.15, 0.2) is 0 Å². The first kappa shape index (κ1) is 32.1. The molecule has 3 rings (SSSR count). The van der Waals surface area contributed by atoms with E-state index in [2.05, 4.69) is 38.2 Å². The summed E-state index contributed by atoms with van der Waals surface area (Å²) in [5.74, 6) is -1.10. The largest absolute Gasteiger partial charge is 0.478 e. The van der Waals surface area contributed by atoms with Crippen molar-refractivity contribution in [3.05, 3.63) is 106 Å². The van der Waals surface area contributed by atoms with Gasteiger partial charge >= 0.3 is 18.3 Å². The summed E-state index contributed by atoms with van der Waals surface area (Å²) < 4.78 is 80.4. The van der Waals surface area contributed by atoms with E-state index in [4.69, 9.17) is 5.11 Å². The molecule has 0 bridgehead atoms. The molecule has 0 unspecified atom stereocenters. The van der Waals surface area contributed by atoms with Crippen molar-refractivity contribution in [1.29, 1.82) is 0 Å². The highest BCUT2D eigenvalue weighted by molar-refractivity contribution is 5.87. The van der Waals surface area contributed by atoms with Crippen molar-refractivity contribution in [3.63, 3.8) is 0 Å².